The SMILES string of the molecule is CCOC(=O)c1ccc(NC(=O)CO/N=C\c2ccc(Cl)cc2)cc1. The number of hydrogen-bond acceptors (Lipinski definition) is 5. The number of rotatable bonds is 7. The van der Waals surface area contributed by atoms with Crippen molar-refractivity contribution in [2.45, 2.75) is 6.92 Å². The molecule has 0 aliphatic carbocycles. The summed E-state index contributed by atoms with van der Waals surface area (Å²) >= 11 is 5.78. The highest BCUT2D eigenvalue weighted by atomic mass is 35.5. The van der Waals surface area contributed by atoms with E-state index in [0.717, 1.165) is 5.56 Å². The molecule has 0 bridgehead atoms. The molecular weight excluding hydrogens is 344 g/mol. The van der Waals surface area contributed by atoms with Crippen LogP contribution in [0.1, 0.15) is 22.8 Å². The summed E-state index contributed by atoms with van der Waals surface area (Å²) in [6.45, 7) is 1.82. The van der Waals surface area contributed by atoms with Crippen LogP contribution in [0.2, 0.25) is 5.02 Å². The Hall–Kier alpha value is -2.86. The van der Waals surface area contributed by atoms with E-state index in [1.54, 1.807) is 55.5 Å². The molecule has 0 fully saturated rings. The first kappa shape index (κ1) is 18.5. The van der Waals surface area contributed by atoms with Gasteiger partial charge >= 0.3 is 5.97 Å². The first-order valence-corrected chi connectivity index (χ1v) is 7.94. The smallest absolute Gasteiger partial charge is 0.338 e. The van der Waals surface area contributed by atoms with Crippen molar-refractivity contribution in [3.05, 3.63) is 64.7 Å². The number of carbonyl (C=O) groups excluding carboxylic acids is 2. The standard InChI is InChI=1S/C18H17ClN2O4/c1-2-24-18(23)14-5-9-16(10-6-14)21-17(22)12-25-20-11-13-3-7-15(19)8-4-13/h3-11H,2,12H2,1H3,(H,21,22)/b20-11-. The number of ether oxygens (including phenoxy) is 1. The zero-order chi connectivity index (χ0) is 18.1. The third kappa shape index (κ3) is 6.27. The van der Waals surface area contributed by atoms with E-state index in [2.05, 4.69) is 10.5 Å². The van der Waals surface area contributed by atoms with E-state index < -0.39 is 5.97 Å². The second-order valence-corrected chi connectivity index (χ2v) is 5.34. The molecule has 0 saturated carbocycles. The molecule has 2 rings (SSSR count). The predicted octanol–water partition coefficient (Wildman–Crippen LogP) is 3.51. The van der Waals surface area contributed by atoms with Crippen molar-refractivity contribution >= 4 is 35.4 Å². The van der Waals surface area contributed by atoms with Gasteiger partial charge in [-0.05, 0) is 48.9 Å². The number of anilines is 1. The molecule has 0 aliphatic heterocycles. The number of benzene rings is 2. The molecular formula is C18H17ClN2O4. The van der Waals surface area contributed by atoms with Gasteiger partial charge in [0.25, 0.3) is 5.91 Å². The molecule has 0 aromatic heterocycles. The second-order valence-electron chi connectivity index (χ2n) is 4.91. The lowest BCUT2D eigenvalue weighted by Crippen LogP contribution is -2.17. The van der Waals surface area contributed by atoms with E-state index in [0.29, 0.717) is 22.9 Å². The number of esters is 1. The fourth-order valence-corrected chi connectivity index (χ4v) is 1.97. The van der Waals surface area contributed by atoms with Crippen molar-refractivity contribution in [1.82, 2.24) is 0 Å². The van der Waals surface area contributed by atoms with Gasteiger partial charge in [-0.3, -0.25) is 4.79 Å². The van der Waals surface area contributed by atoms with Crippen LogP contribution in [0, 0.1) is 0 Å². The van der Waals surface area contributed by atoms with Crippen LogP contribution >= 0.6 is 11.6 Å². The molecule has 7 heteroatoms. The summed E-state index contributed by atoms with van der Waals surface area (Å²) in [6.07, 6.45) is 1.48. The summed E-state index contributed by atoms with van der Waals surface area (Å²) in [5.41, 5.74) is 1.77. The van der Waals surface area contributed by atoms with Crippen molar-refractivity contribution in [3.63, 3.8) is 0 Å². The average molecular weight is 361 g/mol. The van der Waals surface area contributed by atoms with E-state index in [-0.39, 0.29) is 12.5 Å². The van der Waals surface area contributed by atoms with Crippen molar-refractivity contribution in [2.75, 3.05) is 18.5 Å². The Labute approximate surface area is 150 Å². The number of hydrogen-bond donors (Lipinski definition) is 1. The molecule has 0 spiro atoms. The van der Waals surface area contributed by atoms with Crippen LogP contribution < -0.4 is 5.32 Å². The maximum atomic E-state index is 11.8. The predicted molar refractivity (Wildman–Crippen MR) is 96.0 cm³/mol. The second kappa shape index (κ2) is 9.44. The monoisotopic (exact) mass is 360 g/mol. The minimum atomic E-state index is -0.403. The average Bonchev–Trinajstić information content (AvgIpc) is 2.61. The van der Waals surface area contributed by atoms with Crippen LogP contribution in [0.15, 0.2) is 53.7 Å². The van der Waals surface area contributed by atoms with Crippen molar-refractivity contribution in [2.24, 2.45) is 5.16 Å². The summed E-state index contributed by atoms with van der Waals surface area (Å²) < 4.78 is 4.89. The minimum Gasteiger partial charge on any atom is -0.462 e. The van der Waals surface area contributed by atoms with Gasteiger partial charge in [0.1, 0.15) is 0 Å². The molecule has 2 aromatic rings. The molecule has 1 amide bonds. The Bertz CT molecular complexity index is 743. The van der Waals surface area contributed by atoms with E-state index >= 15 is 0 Å². The van der Waals surface area contributed by atoms with E-state index in [1.165, 1.54) is 6.21 Å². The highest BCUT2D eigenvalue weighted by Gasteiger charge is 2.07. The number of nitrogens with zero attached hydrogens (tertiary/aromatic N) is 1. The van der Waals surface area contributed by atoms with Gasteiger partial charge in [0.05, 0.1) is 18.4 Å². The van der Waals surface area contributed by atoms with Crippen LogP contribution in [0.4, 0.5) is 5.69 Å². The van der Waals surface area contributed by atoms with Gasteiger partial charge in [-0.25, -0.2) is 4.79 Å². The van der Waals surface area contributed by atoms with Gasteiger partial charge in [-0.15, -0.1) is 0 Å². The van der Waals surface area contributed by atoms with Crippen molar-refractivity contribution < 1.29 is 19.2 Å². The minimum absolute atomic E-state index is 0.232. The summed E-state index contributed by atoms with van der Waals surface area (Å²) in [6, 6.07) is 13.4. The Kier molecular flexibility index (Phi) is 6.98. The molecule has 0 heterocycles. The molecule has 25 heavy (non-hydrogen) atoms. The highest BCUT2D eigenvalue weighted by Crippen LogP contribution is 2.11. The van der Waals surface area contributed by atoms with Gasteiger partial charge in [0.15, 0.2) is 6.61 Å². The number of amides is 1. The Morgan fingerprint density at radius 3 is 2.44 bits per heavy atom. The first-order valence-electron chi connectivity index (χ1n) is 7.56. The largest absolute Gasteiger partial charge is 0.462 e. The van der Waals surface area contributed by atoms with Crippen LogP contribution in [0.5, 0.6) is 0 Å². The third-order valence-corrected chi connectivity index (χ3v) is 3.27. The van der Waals surface area contributed by atoms with Crippen LogP contribution in [-0.2, 0) is 14.4 Å². The molecule has 0 aliphatic rings. The lowest BCUT2D eigenvalue weighted by atomic mass is 10.2. The van der Waals surface area contributed by atoms with E-state index in [1.807, 2.05) is 0 Å². The molecule has 130 valence electrons. The summed E-state index contributed by atoms with van der Waals surface area (Å²) in [7, 11) is 0. The Morgan fingerprint density at radius 2 is 1.80 bits per heavy atom. The molecule has 0 saturated heterocycles. The zero-order valence-corrected chi connectivity index (χ0v) is 14.3. The number of halogens is 1. The third-order valence-electron chi connectivity index (χ3n) is 3.02. The molecule has 6 nitrogen and oxygen atoms in total. The number of oxime groups is 1. The topological polar surface area (TPSA) is 77.0 Å². The normalized spacial score (nSPS) is 10.5. The summed E-state index contributed by atoms with van der Waals surface area (Å²) in [5, 5.41) is 6.99. The first-order chi connectivity index (χ1) is 12.1. The van der Waals surface area contributed by atoms with Gasteiger partial charge in [0.2, 0.25) is 0 Å². The van der Waals surface area contributed by atoms with Gasteiger partial charge in [-0.1, -0.05) is 28.9 Å². The van der Waals surface area contributed by atoms with Crippen molar-refractivity contribution in [3.8, 4) is 0 Å². The van der Waals surface area contributed by atoms with Crippen molar-refractivity contribution in [1.29, 1.82) is 0 Å². The van der Waals surface area contributed by atoms with Crippen LogP contribution in [0.3, 0.4) is 0 Å². The molecule has 1 N–H and O–H groups in total. The fourth-order valence-electron chi connectivity index (χ4n) is 1.84. The maximum absolute atomic E-state index is 11.8. The van der Waals surface area contributed by atoms with Crippen LogP contribution in [0.25, 0.3) is 0 Å². The van der Waals surface area contributed by atoms with Gasteiger partial charge in [-0.2, -0.15) is 0 Å². The summed E-state index contributed by atoms with van der Waals surface area (Å²) in [4.78, 5) is 28.3. The molecule has 0 radical (unpaired) electrons. The van der Waals surface area contributed by atoms with E-state index in [9.17, 15) is 9.59 Å². The summed E-state index contributed by atoms with van der Waals surface area (Å²) in [5.74, 6) is -0.766. The maximum Gasteiger partial charge on any atom is 0.338 e. The number of nitrogens with one attached hydrogen (secondary N) is 1. The van der Waals surface area contributed by atoms with Gasteiger partial charge < -0.3 is 14.9 Å². The fraction of sp³-hybridized carbons (Fsp3) is 0.167. The van der Waals surface area contributed by atoms with Gasteiger partial charge in [0, 0.05) is 10.7 Å². The Balaban J connectivity index is 1.78. The lowest BCUT2D eigenvalue weighted by Gasteiger charge is -2.06. The highest BCUT2D eigenvalue weighted by molar-refractivity contribution is 6.30. The molecule has 0 unspecified atom stereocenters. The Morgan fingerprint density at radius 1 is 1.12 bits per heavy atom. The zero-order valence-electron chi connectivity index (χ0n) is 13.6. The van der Waals surface area contributed by atoms with Crippen LogP contribution in [-0.4, -0.2) is 31.3 Å². The lowest BCUT2D eigenvalue weighted by molar-refractivity contribution is -0.120. The number of carbonyl (C=O) groups is 2. The molecule has 2 aromatic carbocycles. The molecule has 0 atom stereocenters. The quantitative estimate of drug-likeness (QED) is 0.465. The van der Waals surface area contributed by atoms with E-state index in [4.69, 9.17) is 21.2 Å².